The predicted octanol–water partition coefficient (Wildman–Crippen LogP) is 3.23. The highest BCUT2D eigenvalue weighted by molar-refractivity contribution is 5.04. The van der Waals surface area contributed by atoms with Crippen LogP contribution in [0.3, 0.4) is 0 Å². The van der Waals surface area contributed by atoms with Crippen LogP contribution in [0.25, 0.3) is 0 Å². The van der Waals surface area contributed by atoms with E-state index >= 15 is 0 Å². The molecule has 0 bridgehead atoms. The maximum absolute atomic E-state index is 6.93. The van der Waals surface area contributed by atoms with Crippen LogP contribution in [0.1, 0.15) is 51.4 Å². The van der Waals surface area contributed by atoms with Gasteiger partial charge in [0.1, 0.15) is 0 Å². The number of pyridine rings is 2. The third kappa shape index (κ3) is 9.20. The van der Waals surface area contributed by atoms with Crippen molar-refractivity contribution in [2.24, 2.45) is 11.7 Å². The van der Waals surface area contributed by atoms with E-state index in [1.54, 1.807) is 0 Å². The van der Waals surface area contributed by atoms with Gasteiger partial charge in [-0.2, -0.15) is 0 Å². The standard InChI is InChI=1S/C29H49N7/c1-4-26(29(30,5-2)6-3)23-36-21-19-34(24-27-11-7-9-13-32-27)17-15-31-16-18-35(20-22-36)25-28-12-8-10-14-33-28/h7-14,26,31H,4-6,15-25,30H2,1-3H3. The minimum absolute atomic E-state index is 0.0936. The SMILES string of the molecule is CCC(CN1CCN(Cc2ccccn2)CCNCCN(Cc2ccccn2)CC1)C(N)(CC)CC. The zero-order valence-electron chi connectivity index (χ0n) is 22.9. The van der Waals surface area contributed by atoms with Crippen molar-refractivity contribution in [3.05, 3.63) is 60.2 Å². The molecule has 7 nitrogen and oxygen atoms in total. The van der Waals surface area contributed by atoms with Gasteiger partial charge in [0.05, 0.1) is 11.4 Å². The van der Waals surface area contributed by atoms with Gasteiger partial charge in [-0.3, -0.25) is 19.8 Å². The molecule has 1 aliphatic heterocycles. The van der Waals surface area contributed by atoms with Crippen LogP contribution in [0.2, 0.25) is 0 Å². The minimum Gasteiger partial charge on any atom is -0.325 e. The van der Waals surface area contributed by atoms with E-state index in [2.05, 4.69) is 75.0 Å². The Hall–Kier alpha value is -1.90. The fourth-order valence-electron chi connectivity index (χ4n) is 5.30. The van der Waals surface area contributed by atoms with Gasteiger partial charge in [0, 0.05) is 89.9 Å². The van der Waals surface area contributed by atoms with Crippen molar-refractivity contribution in [3.63, 3.8) is 0 Å². The van der Waals surface area contributed by atoms with Crippen LogP contribution < -0.4 is 11.1 Å². The first-order chi connectivity index (χ1) is 17.6. The van der Waals surface area contributed by atoms with E-state index in [1.807, 2.05) is 24.5 Å². The summed E-state index contributed by atoms with van der Waals surface area (Å²) in [5.41, 5.74) is 9.11. The summed E-state index contributed by atoms with van der Waals surface area (Å²) >= 11 is 0. The summed E-state index contributed by atoms with van der Waals surface area (Å²) < 4.78 is 0. The number of nitrogens with two attached hydrogens (primary N) is 1. The van der Waals surface area contributed by atoms with Gasteiger partial charge in [-0.1, -0.05) is 39.3 Å². The molecular weight excluding hydrogens is 446 g/mol. The lowest BCUT2D eigenvalue weighted by molar-refractivity contribution is 0.118. The first kappa shape index (κ1) is 28.7. The number of hydrogen-bond acceptors (Lipinski definition) is 7. The van der Waals surface area contributed by atoms with E-state index in [0.29, 0.717) is 5.92 Å². The van der Waals surface area contributed by atoms with E-state index in [0.717, 1.165) is 103 Å². The van der Waals surface area contributed by atoms with E-state index < -0.39 is 0 Å². The van der Waals surface area contributed by atoms with Gasteiger partial charge >= 0.3 is 0 Å². The van der Waals surface area contributed by atoms with E-state index in [4.69, 9.17) is 5.73 Å². The smallest absolute Gasteiger partial charge is 0.0543 e. The molecule has 2 aromatic rings. The molecule has 36 heavy (non-hydrogen) atoms. The molecule has 1 fully saturated rings. The summed E-state index contributed by atoms with van der Waals surface area (Å²) in [6.45, 7) is 17.8. The van der Waals surface area contributed by atoms with E-state index in [1.165, 1.54) is 0 Å². The Morgan fingerprint density at radius 3 is 1.69 bits per heavy atom. The monoisotopic (exact) mass is 495 g/mol. The minimum atomic E-state index is -0.0936. The lowest BCUT2D eigenvalue weighted by Gasteiger charge is -2.40. The van der Waals surface area contributed by atoms with Gasteiger partial charge in [0.2, 0.25) is 0 Å². The number of hydrogen-bond donors (Lipinski definition) is 2. The molecule has 0 aromatic carbocycles. The molecular formula is C29H49N7. The summed E-state index contributed by atoms with van der Waals surface area (Å²) in [7, 11) is 0. The molecule has 0 amide bonds. The van der Waals surface area contributed by atoms with Crippen molar-refractivity contribution >= 4 is 0 Å². The fourth-order valence-corrected chi connectivity index (χ4v) is 5.30. The molecule has 1 aliphatic rings. The van der Waals surface area contributed by atoms with E-state index in [-0.39, 0.29) is 5.54 Å². The van der Waals surface area contributed by atoms with Crippen molar-refractivity contribution in [2.45, 2.75) is 58.7 Å². The van der Waals surface area contributed by atoms with Crippen LogP contribution in [-0.2, 0) is 13.1 Å². The Morgan fingerprint density at radius 1 is 0.778 bits per heavy atom. The Kier molecular flexibility index (Phi) is 12.2. The van der Waals surface area contributed by atoms with Crippen LogP contribution in [0.5, 0.6) is 0 Å². The van der Waals surface area contributed by atoms with Crippen molar-refractivity contribution in [3.8, 4) is 0 Å². The second kappa shape index (κ2) is 15.4. The van der Waals surface area contributed by atoms with Crippen molar-refractivity contribution in [1.82, 2.24) is 30.0 Å². The van der Waals surface area contributed by atoms with Gasteiger partial charge in [-0.25, -0.2) is 0 Å². The third-order valence-electron chi connectivity index (χ3n) is 8.00. The molecule has 0 aliphatic carbocycles. The zero-order chi connectivity index (χ0) is 25.6. The summed E-state index contributed by atoms with van der Waals surface area (Å²) in [5.74, 6) is 0.496. The Labute approximate surface area is 219 Å². The summed E-state index contributed by atoms with van der Waals surface area (Å²) in [5, 5.41) is 3.67. The number of rotatable bonds is 10. The molecule has 1 saturated heterocycles. The Balaban J connectivity index is 1.72. The Morgan fingerprint density at radius 2 is 1.28 bits per heavy atom. The zero-order valence-corrected chi connectivity index (χ0v) is 22.9. The normalized spacial score (nSPS) is 18.9. The molecule has 3 rings (SSSR count). The predicted molar refractivity (Wildman–Crippen MR) is 150 cm³/mol. The summed E-state index contributed by atoms with van der Waals surface area (Å²) in [4.78, 5) is 16.9. The van der Waals surface area contributed by atoms with Gasteiger partial charge in [-0.15, -0.1) is 0 Å². The fraction of sp³-hybridized carbons (Fsp3) is 0.655. The molecule has 3 heterocycles. The average molecular weight is 496 g/mol. The second-order valence-electron chi connectivity index (χ2n) is 10.3. The van der Waals surface area contributed by atoms with Gasteiger partial charge in [0.15, 0.2) is 0 Å². The lowest BCUT2D eigenvalue weighted by Crippen LogP contribution is -2.52. The third-order valence-corrected chi connectivity index (χ3v) is 8.00. The first-order valence-electron chi connectivity index (χ1n) is 14.0. The van der Waals surface area contributed by atoms with Crippen LogP contribution in [0, 0.1) is 5.92 Å². The van der Waals surface area contributed by atoms with Crippen LogP contribution in [0.4, 0.5) is 0 Å². The summed E-state index contributed by atoms with van der Waals surface area (Å²) in [6.07, 6.45) is 6.97. The molecule has 3 N–H and O–H groups in total. The number of nitrogens with zero attached hydrogens (tertiary/aromatic N) is 5. The first-order valence-corrected chi connectivity index (χ1v) is 14.0. The van der Waals surface area contributed by atoms with Crippen LogP contribution >= 0.6 is 0 Å². The summed E-state index contributed by atoms with van der Waals surface area (Å²) in [6, 6.07) is 12.4. The molecule has 2 aromatic heterocycles. The lowest BCUT2D eigenvalue weighted by atomic mass is 9.78. The largest absolute Gasteiger partial charge is 0.325 e. The van der Waals surface area contributed by atoms with Crippen molar-refractivity contribution < 1.29 is 0 Å². The maximum Gasteiger partial charge on any atom is 0.0543 e. The number of nitrogens with one attached hydrogen (secondary N) is 1. The van der Waals surface area contributed by atoms with Crippen LogP contribution in [-0.4, -0.2) is 89.1 Å². The second-order valence-corrected chi connectivity index (χ2v) is 10.3. The highest BCUT2D eigenvalue weighted by Gasteiger charge is 2.31. The molecule has 1 unspecified atom stereocenters. The highest BCUT2D eigenvalue weighted by atomic mass is 15.2. The molecule has 1 atom stereocenters. The Bertz CT molecular complexity index is 773. The molecule has 0 radical (unpaired) electrons. The average Bonchev–Trinajstić information content (AvgIpc) is 2.91. The highest BCUT2D eigenvalue weighted by Crippen LogP contribution is 2.26. The molecule has 7 heteroatoms. The van der Waals surface area contributed by atoms with Crippen LogP contribution in [0.15, 0.2) is 48.8 Å². The van der Waals surface area contributed by atoms with Gasteiger partial charge in [-0.05, 0) is 43.0 Å². The maximum atomic E-state index is 6.93. The number of aromatic nitrogens is 2. The van der Waals surface area contributed by atoms with Gasteiger partial charge < -0.3 is 16.0 Å². The topological polar surface area (TPSA) is 73.5 Å². The van der Waals surface area contributed by atoms with E-state index in [9.17, 15) is 0 Å². The molecule has 0 spiro atoms. The molecule has 200 valence electrons. The quantitative estimate of drug-likeness (QED) is 0.524. The van der Waals surface area contributed by atoms with Crippen molar-refractivity contribution in [1.29, 1.82) is 0 Å². The molecule has 0 saturated carbocycles. The van der Waals surface area contributed by atoms with Crippen molar-refractivity contribution in [2.75, 3.05) is 58.9 Å². The van der Waals surface area contributed by atoms with Gasteiger partial charge in [0.25, 0.3) is 0 Å².